The topological polar surface area (TPSA) is 44.7 Å². The molecule has 0 aliphatic rings. The molecule has 0 unspecified atom stereocenters. The first kappa shape index (κ1) is 16.7. The molecule has 4 nitrogen and oxygen atoms in total. The van der Waals surface area contributed by atoms with Gasteiger partial charge in [0.05, 0.1) is 12.3 Å². The minimum atomic E-state index is -0.147. The third-order valence-corrected chi connectivity index (χ3v) is 4.11. The molecule has 0 atom stereocenters. The predicted octanol–water partition coefficient (Wildman–Crippen LogP) is 3.82. The molecule has 0 saturated carbocycles. The zero-order valence-corrected chi connectivity index (χ0v) is 14.4. The fraction of sp³-hybridized carbons (Fsp3) is 0.143. The SMILES string of the molecule is C/C(=N/NC(=O)CN(C)c1ccccc1)c1cccc2ccccc12. The smallest absolute Gasteiger partial charge is 0.259 e. The number of carbonyl (C=O) groups excluding carboxylic acids is 1. The molecule has 0 aliphatic heterocycles. The second kappa shape index (κ2) is 7.62. The van der Waals surface area contributed by atoms with Gasteiger partial charge in [0.25, 0.3) is 5.91 Å². The molecule has 126 valence electrons. The van der Waals surface area contributed by atoms with Crippen molar-refractivity contribution in [2.45, 2.75) is 6.92 Å². The van der Waals surface area contributed by atoms with Crippen molar-refractivity contribution in [1.82, 2.24) is 5.43 Å². The number of benzene rings is 3. The van der Waals surface area contributed by atoms with Gasteiger partial charge in [0.15, 0.2) is 0 Å². The summed E-state index contributed by atoms with van der Waals surface area (Å²) < 4.78 is 0. The van der Waals surface area contributed by atoms with Crippen LogP contribution in [0, 0.1) is 0 Å². The van der Waals surface area contributed by atoms with Gasteiger partial charge in [-0.3, -0.25) is 4.79 Å². The Balaban J connectivity index is 1.69. The largest absolute Gasteiger partial charge is 0.365 e. The van der Waals surface area contributed by atoms with Crippen LogP contribution in [0.25, 0.3) is 10.8 Å². The Morgan fingerprint density at radius 3 is 2.44 bits per heavy atom. The molecule has 0 aliphatic carbocycles. The Morgan fingerprint density at radius 1 is 0.960 bits per heavy atom. The number of nitrogens with one attached hydrogen (secondary N) is 1. The molecule has 0 fully saturated rings. The zero-order valence-electron chi connectivity index (χ0n) is 14.4. The monoisotopic (exact) mass is 331 g/mol. The van der Waals surface area contributed by atoms with Crippen molar-refractivity contribution in [3.63, 3.8) is 0 Å². The maximum Gasteiger partial charge on any atom is 0.259 e. The summed E-state index contributed by atoms with van der Waals surface area (Å²) in [5, 5.41) is 6.57. The van der Waals surface area contributed by atoms with Crippen LogP contribution in [0.4, 0.5) is 5.69 Å². The Kier molecular flexibility index (Phi) is 5.09. The van der Waals surface area contributed by atoms with E-state index in [1.54, 1.807) is 0 Å². The number of likely N-dealkylation sites (N-methyl/N-ethyl adjacent to an activating group) is 1. The average molecular weight is 331 g/mol. The summed E-state index contributed by atoms with van der Waals surface area (Å²) in [5.74, 6) is -0.147. The molecule has 1 N–H and O–H groups in total. The number of hydrogen-bond donors (Lipinski definition) is 1. The summed E-state index contributed by atoms with van der Waals surface area (Å²) in [7, 11) is 1.89. The predicted molar refractivity (Wildman–Crippen MR) is 104 cm³/mol. The van der Waals surface area contributed by atoms with Crippen molar-refractivity contribution in [3.8, 4) is 0 Å². The second-order valence-electron chi connectivity index (χ2n) is 5.95. The summed E-state index contributed by atoms with van der Waals surface area (Å²) in [6.07, 6.45) is 0. The van der Waals surface area contributed by atoms with Crippen molar-refractivity contribution >= 4 is 28.1 Å². The molecule has 3 aromatic rings. The van der Waals surface area contributed by atoms with Gasteiger partial charge in [0, 0.05) is 18.3 Å². The summed E-state index contributed by atoms with van der Waals surface area (Å²) >= 11 is 0. The average Bonchev–Trinajstić information content (AvgIpc) is 2.66. The summed E-state index contributed by atoms with van der Waals surface area (Å²) in [5.41, 5.74) is 5.45. The fourth-order valence-corrected chi connectivity index (χ4v) is 2.77. The van der Waals surface area contributed by atoms with Gasteiger partial charge in [-0.15, -0.1) is 0 Å². The zero-order chi connectivity index (χ0) is 17.6. The van der Waals surface area contributed by atoms with E-state index in [9.17, 15) is 4.79 Å². The molecule has 0 aromatic heterocycles. The molecule has 0 bridgehead atoms. The van der Waals surface area contributed by atoms with E-state index in [1.165, 1.54) is 0 Å². The van der Waals surface area contributed by atoms with Crippen LogP contribution in [0.15, 0.2) is 77.9 Å². The van der Waals surface area contributed by atoms with Crippen LogP contribution >= 0.6 is 0 Å². The quantitative estimate of drug-likeness (QED) is 0.571. The first-order valence-corrected chi connectivity index (χ1v) is 8.22. The van der Waals surface area contributed by atoms with Crippen LogP contribution in [-0.4, -0.2) is 25.2 Å². The molecule has 4 heteroatoms. The minimum Gasteiger partial charge on any atom is -0.365 e. The van der Waals surface area contributed by atoms with E-state index in [1.807, 2.05) is 73.5 Å². The molecule has 0 saturated heterocycles. The fourth-order valence-electron chi connectivity index (χ4n) is 2.77. The highest BCUT2D eigenvalue weighted by Crippen LogP contribution is 2.19. The highest BCUT2D eigenvalue weighted by atomic mass is 16.2. The first-order valence-electron chi connectivity index (χ1n) is 8.22. The van der Waals surface area contributed by atoms with Gasteiger partial charge in [0.1, 0.15) is 0 Å². The lowest BCUT2D eigenvalue weighted by atomic mass is 10.0. The van der Waals surface area contributed by atoms with Gasteiger partial charge >= 0.3 is 0 Å². The molecule has 3 rings (SSSR count). The number of para-hydroxylation sites is 1. The van der Waals surface area contributed by atoms with Crippen molar-refractivity contribution < 1.29 is 4.79 Å². The lowest BCUT2D eigenvalue weighted by Crippen LogP contribution is -2.33. The number of carbonyl (C=O) groups is 1. The third-order valence-electron chi connectivity index (χ3n) is 4.11. The molecular formula is C21H21N3O. The Morgan fingerprint density at radius 2 is 1.64 bits per heavy atom. The molecule has 0 radical (unpaired) electrons. The maximum absolute atomic E-state index is 12.2. The summed E-state index contributed by atoms with van der Waals surface area (Å²) in [6.45, 7) is 2.15. The number of hydrogen-bond acceptors (Lipinski definition) is 3. The van der Waals surface area contributed by atoms with Crippen LogP contribution < -0.4 is 10.3 Å². The summed E-state index contributed by atoms with van der Waals surface area (Å²) in [6, 6.07) is 24.0. The molecule has 1 amide bonds. The van der Waals surface area contributed by atoms with Crippen molar-refractivity contribution in [1.29, 1.82) is 0 Å². The number of amides is 1. The molecule has 25 heavy (non-hydrogen) atoms. The lowest BCUT2D eigenvalue weighted by molar-refractivity contribution is -0.119. The van der Waals surface area contributed by atoms with E-state index in [4.69, 9.17) is 0 Å². The number of nitrogens with zero attached hydrogens (tertiary/aromatic N) is 2. The third kappa shape index (κ3) is 4.04. The molecule has 3 aromatic carbocycles. The Hall–Kier alpha value is -3.14. The van der Waals surface area contributed by atoms with Crippen LogP contribution in [-0.2, 0) is 4.79 Å². The van der Waals surface area contributed by atoms with E-state index in [0.717, 1.165) is 27.7 Å². The first-order chi connectivity index (χ1) is 12.1. The summed E-state index contributed by atoms with van der Waals surface area (Å²) in [4.78, 5) is 14.1. The van der Waals surface area contributed by atoms with Crippen molar-refractivity contribution in [3.05, 3.63) is 78.4 Å². The van der Waals surface area contributed by atoms with Crippen molar-refractivity contribution in [2.75, 3.05) is 18.5 Å². The lowest BCUT2D eigenvalue weighted by Gasteiger charge is -2.17. The normalized spacial score (nSPS) is 11.4. The highest BCUT2D eigenvalue weighted by Gasteiger charge is 2.08. The highest BCUT2D eigenvalue weighted by molar-refractivity contribution is 6.09. The van der Waals surface area contributed by atoms with Crippen LogP contribution in [0.3, 0.4) is 0 Å². The maximum atomic E-state index is 12.2. The van der Waals surface area contributed by atoms with Gasteiger partial charge in [-0.1, -0.05) is 60.7 Å². The van der Waals surface area contributed by atoms with Gasteiger partial charge in [-0.2, -0.15) is 5.10 Å². The van der Waals surface area contributed by atoms with E-state index < -0.39 is 0 Å². The minimum absolute atomic E-state index is 0.147. The van der Waals surface area contributed by atoms with Gasteiger partial charge in [-0.25, -0.2) is 5.43 Å². The van der Waals surface area contributed by atoms with Crippen LogP contribution in [0.2, 0.25) is 0 Å². The van der Waals surface area contributed by atoms with Gasteiger partial charge < -0.3 is 4.90 Å². The van der Waals surface area contributed by atoms with Gasteiger partial charge in [-0.05, 0) is 29.8 Å². The van der Waals surface area contributed by atoms with E-state index in [-0.39, 0.29) is 12.5 Å². The number of anilines is 1. The molecule has 0 spiro atoms. The van der Waals surface area contributed by atoms with E-state index in [2.05, 4.69) is 28.7 Å². The van der Waals surface area contributed by atoms with Gasteiger partial charge in [0.2, 0.25) is 0 Å². The van der Waals surface area contributed by atoms with Crippen LogP contribution in [0.1, 0.15) is 12.5 Å². The van der Waals surface area contributed by atoms with Crippen LogP contribution in [0.5, 0.6) is 0 Å². The Labute approximate surface area is 147 Å². The van der Waals surface area contributed by atoms with Crippen molar-refractivity contribution in [2.24, 2.45) is 5.10 Å². The Bertz CT molecular complexity index is 898. The van der Waals surface area contributed by atoms with E-state index in [0.29, 0.717) is 0 Å². The number of fused-ring (bicyclic) bond motifs is 1. The number of rotatable bonds is 5. The second-order valence-corrected chi connectivity index (χ2v) is 5.95. The van der Waals surface area contributed by atoms with E-state index >= 15 is 0 Å². The number of hydrazone groups is 1. The standard InChI is InChI=1S/C21H21N3O/c1-16(19-14-8-10-17-9-6-7-13-20(17)19)22-23-21(25)15-24(2)18-11-4-3-5-12-18/h3-14H,15H2,1-2H3,(H,23,25)/b22-16-. The molecule has 0 heterocycles. The molecular weight excluding hydrogens is 310 g/mol.